The molecule has 1 aliphatic rings. The van der Waals surface area contributed by atoms with Gasteiger partial charge in [-0.15, -0.1) is 24.0 Å². The minimum absolute atomic E-state index is 0. The zero-order valence-corrected chi connectivity index (χ0v) is 17.3. The Balaban J connectivity index is 0.00000288. The summed E-state index contributed by atoms with van der Waals surface area (Å²) < 4.78 is 5.67. The third kappa shape index (κ3) is 6.84. The van der Waals surface area contributed by atoms with Gasteiger partial charge < -0.3 is 20.5 Å². The number of guanidine groups is 1. The monoisotopic (exact) mass is 447 g/mol. The van der Waals surface area contributed by atoms with E-state index in [1.165, 1.54) is 6.42 Å². The summed E-state index contributed by atoms with van der Waals surface area (Å²) in [4.78, 5) is 4.50. The van der Waals surface area contributed by atoms with Crippen LogP contribution in [0.4, 0.5) is 0 Å². The molecule has 136 valence electrons. The Morgan fingerprint density at radius 1 is 1.42 bits per heavy atom. The molecule has 0 aromatic heterocycles. The number of halogens is 1. The van der Waals surface area contributed by atoms with Crippen molar-refractivity contribution in [2.24, 2.45) is 10.9 Å². The second kappa shape index (κ2) is 10.1. The molecule has 0 bridgehead atoms. The molecule has 0 saturated heterocycles. The number of benzene rings is 1. The van der Waals surface area contributed by atoms with E-state index in [-0.39, 0.29) is 30.1 Å². The molecule has 24 heavy (non-hydrogen) atoms. The lowest BCUT2D eigenvalue weighted by molar-refractivity contribution is 0.185. The van der Waals surface area contributed by atoms with Crippen LogP contribution in [-0.2, 0) is 0 Å². The number of ether oxygens (including phenoxy) is 1. The van der Waals surface area contributed by atoms with Gasteiger partial charge in [-0.3, -0.25) is 4.99 Å². The minimum atomic E-state index is -0.641. The quantitative estimate of drug-likeness (QED) is 0.342. The third-order valence-electron chi connectivity index (χ3n) is 3.81. The summed E-state index contributed by atoms with van der Waals surface area (Å²) in [6.07, 6.45) is 0.657. The summed E-state index contributed by atoms with van der Waals surface area (Å²) in [6.45, 7) is 9.36. The molecule has 3 atom stereocenters. The van der Waals surface area contributed by atoms with E-state index in [9.17, 15) is 5.11 Å². The predicted molar refractivity (Wildman–Crippen MR) is 109 cm³/mol. The smallest absolute Gasteiger partial charge is 0.191 e. The second-order valence-corrected chi connectivity index (χ2v) is 6.44. The molecule has 1 fully saturated rings. The van der Waals surface area contributed by atoms with Crippen LogP contribution in [0.5, 0.6) is 5.75 Å². The van der Waals surface area contributed by atoms with E-state index < -0.39 is 6.10 Å². The number of aliphatic imine (C=N–C) groups is 1. The molecule has 3 N–H and O–H groups in total. The van der Waals surface area contributed by atoms with Gasteiger partial charge in [0.15, 0.2) is 5.96 Å². The standard InChI is InChI=1S/C18H29N3O2.HI/c1-5-19-18(21-16-9-13(16)4)20-11-17(22)14-7-6-8-15(10-14)23-12(2)3;/h6-8,10,12-13,16-17,22H,5,9,11H2,1-4H3,(H2,19,20,21);1H. The van der Waals surface area contributed by atoms with Crippen molar-refractivity contribution in [2.45, 2.75) is 52.4 Å². The zero-order valence-electron chi connectivity index (χ0n) is 15.0. The third-order valence-corrected chi connectivity index (χ3v) is 3.81. The van der Waals surface area contributed by atoms with Gasteiger partial charge in [0.25, 0.3) is 0 Å². The first-order valence-corrected chi connectivity index (χ1v) is 8.49. The first-order valence-electron chi connectivity index (χ1n) is 8.49. The zero-order chi connectivity index (χ0) is 16.8. The molecule has 1 aromatic rings. The average Bonchev–Trinajstić information content (AvgIpc) is 3.19. The van der Waals surface area contributed by atoms with Crippen LogP contribution in [0.3, 0.4) is 0 Å². The van der Waals surface area contributed by atoms with Crippen LogP contribution in [0.1, 0.15) is 45.8 Å². The highest BCUT2D eigenvalue weighted by Gasteiger charge is 2.33. The highest BCUT2D eigenvalue weighted by molar-refractivity contribution is 14.0. The van der Waals surface area contributed by atoms with Crippen molar-refractivity contribution in [3.8, 4) is 5.75 Å². The normalized spacial score (nSPS) is 21.0. The lowest BCUT2D eigenvalue weighted by atomic mass is 10.1. The van der Waals surface area contributed by atoms with Gasteiger partial charge in [0.05, 0.1) is 18.8 Å². The molecule has 1 aromatic carbocycles. The lowest BCUT2D eigenvalue weighted by Crippen LogP contribution is -2.39. The van der Waals surface area contributed by atoms with Gasteiger partial charge in [0.2, 0.25) is 0 Å². The van der Waals surface area contributed by atoms with Crippen LogP contribution < -0.4 is 15.4 Å². The molecule has 0 aliphatic heterocycles. The maximum Gasteiger partial charge on any atom is 0.191 e. The summed E-state index contributed by atoms with van der Waals surface area (Å²) >= 11 is 0. The van der Waals surface area contributed by atoms with E-state index in [1.54, 1.807) is 0 Å². The average molecular weight is 447 g/mol. The topological polar surface area (TPSA) is 65.9 Å². The van der Waals surface area contributed by atoms with Crippen molar-refractivity contribution >= 4 is 29.9 Å². The van der Waals surface area contributed by atoms with E-state index in [2.05, 4.69) is 22.5 Å². The Labute approximate surface area is 162 Å². The van der Waals surface area contributed by atoms with Gasteiger partial charge in [-0.25, -0.2) is 0 Å². The number of aliphatic hydroxyl groups excluding tert-OH is 1. The van der Waals surface area contributed by atoms with Gasteiger partial charge in [0, 0.05) is 12.6 Å². The van der Waals surface area contributed by atoms with Gasteiger partial charge in [-0.2, -0.15) is 0 Å². The fraction of sp³-hybridized carbons (Fsp3) is 0.611. The van der Waals surface area contributed by atoms with Gasteiger partial charge in [0.1, 0.15) is 5.75 Å². The molecule has 6 heteroatoms. The Morgan fingerprint density at radius 3 is 2.71 bits per heavy atom. The highest BCUT2D eigenvalue weighted by atomic mass is 127. The van der Waals surface area contributed by atoms with Crippen molar-refractivity contribution < 1.29 is 9.84 Å². The van der Waals surface area contributed by atoms with Crippen molar-refractivity contribution in [3.05, 3.63) is 29.8 Å². The number of aliphatic hydroxyl groups is 1. The Morgan fingerprint density at radius 2 is 2.12 bits per heavy atom. The van der Waals surface area contributed by atoms with Gasteiger partial charge in [-0.05, 0) is 50.8 Å². The van der Waals surface area contributed by atoms with Crippen molar-refractivity contribution in [1.82, 2.24) is 10.6 Å². The molecule has 3 unspecified atom stereocenters. The van der Waals surface area contributed by atoms with Crippen molar-refractivity contribution in [1.29, 1.82) is 0 Å². The van der Waals surface area contributed by atoms with Crippen molar-refractivity contribution in [2.75, 3.05) is 13.1 Å². The largest absolute Gasteiger partial charge is 0.491 e. The van der Waals surface area contributed by atoms with Gasteiger partial charge in [-0.1, -0.05) is 19.1 Å². The van der Waals surface area contributed by atoms with Gasteiger partial charge >= 0.3 is 0 Å². The minimum Gasteiger partial charge on any atom is -0.491 e. The summed E-state index contributed by atoms with van der Waals surface area (Å²) in [6, 6.07) is 8.09. The molecular weight excluding hydrogens is 417 g/mol. The molecule has 1 saturated carbocycles. The Hall–Kier alpha value is -1.02. The van der Waals surface area contributed by atoms with Crippen LogP contribution in [0.25, 0.3) is 0 Å². The molecule has 0 radical (unpaired) electrons. The maximum atomic E-state index is 10.4. The SMILES string of the molecule is CCNC(=NCC(O)c1cccc(OC(C)C)c1)NC1CC1C.I. The second-order valence-electron chi connectivity index (χ2n) is 6.44. The first kappa shape index (κ1) is 21.0. The van der Waals surface area contributed by atoms with Crippen LogP contribution in [0, 0.1) is 5.92 Å². The van der Waals surface area contributed by atoms with E-state index in [4.69, 9.17) is 4.74 Å². The fourth-order valence-corrected chi connectivity index (χ4v) is 2.37. The predicted octanol–water partition coefficient (Wildman–Crippen LogP) is 3.09. The molecule has 2 rings (SSSR count). The van der Waals surface area contributed by atoms with E-state index >= 15 is 0 Å². The molecule has 1 aliphatic carbocycles. The number of hydrogen-bond donors (Lipinski definition) is 3. The molecule has 0 heterocycles. The summed E-state index contributed by atoms with van der Waals surface area (Å²) in [5.41, 5.74) is 0.822. The summed E-state index contributed by atoms with van der Waals surface area (Å²) in [5, 5.41) is 17.0. The molecular formula is C18H30IN3O2. The molecule has 5 nitrogen and oxygen atoms in total. The van der Waals surface area contributed by atoms with E-state index in [1.807, 2.05) is 45.0 Å². The lowest BCUT2D eigenvalue weighted by Gasteiger charge is -2.15. The molecule has 0 spiro atoms. The Kier molecular flexibility index (Phi) is 8.83. The van der Waals surface area contributed by atoms with Crippen LogP contribution in [0.2, 0.25) is 0 Å². The summed E-state index contributed by atoms with van der Waals surface area (Å²) in [5.74, 6) is 2.25. The maximum absolute atomic E-state index is 10.4. The Bertz CT molecular complexity index is 537. The number of hydrogen-bond acceptors (Lipinski definition) is 3. The number of nitrogens with one attached hydrogen (secondary N) is 2. The summed E-state index contributed by atoms with van der Waals surface area (Å²) in [7, 11) is 0. The highest BCUT2D eigenvalue weighted by Crippen LogP contribution is 2.28. The van der Waals surface area contributed by atoms with Crippen LogP contribution in [0.15, 0.2) is 29.3 Å². The number of rotatable bonds is 7. The van der Waals surface area contributed by atoms with E-state index in [0.717, 1.165) is 23.8 Å². The fourth-order valence-electron chi connectivity index (χ4n) is 2.37. The van der Waals surface area contributed by atoms with Crippen LogP contribution in [-0.4, -0.2) is 36.3 Å². The first-order chi connectivity index (χ1) is 11.0. The number of nitrogens with zero attached hydrogens (tertiary/aromatic N) is 1. The van der Waals surface area contributed by atoms with Crippen LogP contribution >= 0.6 is 24.0 Å². The van der Waals surface area contributed by atoms with E-state index in [0.29, 0.717) is 18.5 Å². The van der Waals surface area contributed by atoms with Crippen molar-refractivity contribution in [3.63, 3.8) is 0 Å². The molecule has 0 amide bonds.